The minimum Gasteiger partial charge on any atom is -0.493 e. The number of hydrogen-bond acceptors (Lipinski definition) is 4. The van der Waals surface area contributed by atoms with Gasteiger partial charge in [-0.1, -0.05) is 23.2 Å². The first-order valence-corrected chi connectivity index (χ1v) is 7.98. The number of methoxy groups -OCH3 is 3. The Hall–Kier alpha value is -2.37. The quantitative estimate of drug-likeness (QED) is 0.738. The summed E-state index contributed by atoms with van der Waals surface area (Å²) in [6.45, 7) is 0. The summed E-state index contributed by atoms with van der Waals surface area (Å²) >= 11 is 11.8. The average Bonchev–Trinajstić information content (AvgIpc) is 2.61. The normalized spacial score (nSPS) is 10.6. The van der Waals surface area contributed by atoms with Crippen LogP contribution in [0.25, 0.3) is 6.08 Å². The molecule has 2 aromatic rings. The predicted octanol–water partition coefficient (Wildman–Crippen LogP) is 4.67. The number of rotatable bonds is 6. The lowest BCUT2D eigenvalue weighted by molar-refractivity contribution is -0.111. The second kappa shape index (κ2) is 8.65. The van der Waals surface area contributed by atoms with E-state index in [2.05, 4.69) is 5.32 Å². The first-order valence-electron chi connectivity index (χ1n) is 7.23. The highest BCUT2D eigenvalue weighted by Crippen LogP contribution is 2.40. The minimum atomic E-state index is -0.324. The summed E-state index contributed by atoms with van der Waals surface area (Å²) in [5, 5.41) is 3.49. The van der Waals surface area contributed by atoms with Crippen molar-refractivity contribution in [1.29, 1.82) is 0 Å². The Balaban J connectivity index is 2.20. The van der Waals surface area contributed by atoms with Crippen molar-refractivity contribution < 1.29 is 19.0 Å². The van der Waals surface area contributed by atoms with Crippen LogP contribution in [-0.4, -0.2) is 27.2 Å². The minimum absolute atomic E-state index is 0.324. The highest BCUT2D eigenvalue weighted by Gasteiger charge is 2.14. The maximum Gasteiger partial charge on any atom is 0.248 e. The van der Waals surface area contributed by atoms with Crippen molar-refractivity contribution in [1.82, 2.24) is 0 Å². The molecule has 0 radical (unpaired) electrons. The fraction of sp³-hybridized carbons (Fsp3) is 0.167. The highest BCUT2D eigenvalue weighted by atomic mass is 35.5. The van der Waals surface area contributed by atoms with Gasteiger partial charge in [-0.15, -0.1) is 0 Å². The average molecular weight is 382 g/mol. The first kappa shape index (κ1) is 19.0. The molecule has 1 N–H and O–H groups in total. The molecule has 0 bridgehead atoms. The summed E-state index contributed by atoms with van der Waals surface area (Å²) in [6.07, 6.45) is 3.00. The second-order valence-electron chi connectivity index (χ2n) is 4.88. The monoisotopic (exact) mass is 381 g/mol. The van der Waals surface area contributed by atoms with E-state index in [4.69, 9.17) is 37.4 Å². The van der Waals surface area contributed by atoms with E-state index in [9.17, 15) is 4.79 Å². The van der Waals surface area contributed by atoms with Crippen LogP contribution in [0.15, 0.2) is 36.4 Å². The van der Waals surface area contributed by atoms with Crippen LogP contribution in [-0.2, 0) is 4.79 Å². The van der Waals surface area contributed by atoms with Gasteiger partial charge in [-0.25, -0.2) is 0 Å². The molecule has 5 nitrogen and oxygen atoms in total. The van der Waals surface area contributed by atoms with Crippen LogP contribution in [0.1, 0.15) is 5.56 Å². The Kier molecular flexibility index (Phi) is 6.56. The Morgan fingerprint density at radius 2 is 1.68 bits per heavy atom. The van der Waals surface area contributed by atoms with Crippen LogP contribution in [0, 0.1) is 0 Å². The van der Waals surface area contributed by atoms with E-state index in [0.717, 1.165) is 0 Å². The molecule has 0 saturated heterocycles. The maximum atomic E-state index is 12.1. The molecule has 0 saturated carbocycles. The molecule has 0 unspecified atom stereocenters. The standard InChI is InChI=1S/C18H17Cl2NO4/c1-23-15-8-4-11(17(24-2)18(15)25-3)5-9-16(22)21-12-6-7-13(19)14(20)10-12/h4-10H,1-3H3,(H,21,22)/b9-5+. The van der Waals surface area contributed by atoms with Gasteiger partial charge in [0.15, 0.2) is 11.5 Å². The molecule has 132 valence electrons. The van der Waals surface area contributed by atoms with Gasteiger partial charge in [0.2, 0.25) is 11.7 Å². The fourth-order valence-electron chi connectivity index (χ4n) is 2.18. The van der Waals surface area contributed by atoms with Crippen LogP contribution in [0.3, 0.4) is 0 Å². The van der Waals surface area contributed by atoms with Crippen molar-refractivity contribution in [2.24, 2.45) is 0 Å². The summed E-state index contributed by atoms with van der Waals surface area (Å²) in [6, 6.07) is 8.35. The van der Waals surface area contributed by atoms with Crippen LogP contribution < -0.4 is 19.5 Å². The fourth-order valence-corrected chi connectivity index (χ4v) is 2.48. The Morgan fingerprint density at radius 1 is 0.960 bits per heavy atom. The molecule has 0 fully saturated rings. The van der Waals surface area contributed by atoms with Crippen molar-refractivity contribution in [3.63, 3.8) is 0 Å². The molecule has 0 aliphatic rings. The van der Waals surface area contributed by atoms with Crippen LogP contribution in [0.5, 0.6) is 17.2 Å². The lowest BCUT2D eigenvalue weighted by Crippen LogP contribution is -2.07. The zero-order valence-corrected chi connectivity index (χ0v) is 15.4. The van der Waals surface area contributed by atoms with E-state index in [-0.39, 0.29) is 5.91 Å². The number of carbonyl (C=O) groups is 1. The molecule has 0 aliphatic carbocycles. The lowest BCUT2D eigenvalue weighted by Gasteiger charge is -2.14. The van der Waals surface area contributed by atoms with Gasteiger partial charge in [-0.2, -0.15) is 0 Å². The predicted molar refractivity (Wildman–Crippen MR) is 100 cm³/mol. The maximum absolute atomic E-state index is 12.1. The number of nitrogens with one attached hydrogen (secondary N) is 1. The molecule has 2 aromatic carbocycles. The Morgan fingerprint density at radius 3 is 2.28 bits per heavy atom. The Labute approximate surface area is 156 Å². The molecular formula is C18H17Cl2NO4. The second-order valence-corrected chi connectivity index (χ2v) is 5.69. The van der Waals surface area contributed by atoms with Crippen molar-refractivity contribution in [2.45, 2.75) is 0 Å². The van der Waals surface area contributed by atoms with E-state index < -0.39 is 0 Å². The molecule has 0 aliphatic heterocycles. The summed E-state index contributed by atoms with van der Waals surface area (Å²) < 4.78 is 15.9. The van der Waals surface area contributed by atoms with Gasteiger partial charge in [0, 0.05) is 17.3 Å². The van der Waals surface area contributed by atoms with Gasteiger partial charge >= 0.3 is 0 Å². The van der Waals surface area contributed by atoms with Crippen LogP contribution in [0.4, 0.5) is 5.69 Å². The topological polar surface area (TPSA) is 56.8 Å². The lowest BCUT2D eigenvalue weighted by atomic mass is 10.1. The number of ether oxygens (including phenoxy) is 3. The third-order valence-corrected chi connectivity index (χ3v) is 4.08. The molecule has 0 aromatic heterocycles. The SMILES string of the molecule is COc1ccc(/C=C/C(=O)Nc2ccc(Cl)c(Cl)c2)c(OC)c1OC. The summed E-state index contributed by atoms with van der Waals surface area (Å²) in [5.41, 5.74) is 1.22. The van der Waals surface area contributed by atoms with Gasteiger partial charge < -0.3 is 19.5 Å². The van der Waals surface area contributed by atoms with E-state index in [1.165, 1.54) is 27.4 Å². The van der Waals surface area contributed by atoms with Gasteiger partial charge in [-0.05, 0) is 36.4 Å². The number of halogens is 2. The molecule has 0 spiro atoms. The summed E-state index contributed by atoms with van der Waals surface area (Å²) in [4.78, 5) is 12.1. The number of benzene rings is 2. The molecule has 7 heteroatoms. The third kappa shape index (κ3) is 4.59. The van der Waals surface area contributed by atoms with Crippen LogP contribution >= 0.6 is 23.2 Å². The van der Waals surface area contributed by atoms with Crippen molar-refractivity contribution in [3.8, 4) is 17.2 Å². The van der Waals surface area contributed by atoms with E-state index in [1.54, 1.807) is 36.4 Å². The summed E-state index contributed by atoms with van der Waals surface area (Å²) in [7, 11) is 4.58. The number of amides is 1. The molecule has 2 rings (SSSR count). The van der Waals surface area contributed by atoms with Gasteiger partial charge in [-0.3, -0.25) is 4.79 Å². The zero-order valence-electron chi connectivity index (χ0n) is 13.9. The van der Waals surface area contributed by atoms with Gasteiger partial charge in [0.25, 0.3) is 0 Å². The number of hydrogen-bond donors (Lipinski definition) is 1. The van der Waals surface area contributed by atoms with Gasteiger partial charge in [0.1, 0.15) is 0 Å². The first-order chi connectivity index (χ1) is 12.0. The van der Waals surface area contributed by atoms with Crippen LogP contribution in [0.2, 0.25) is 10.0 Å². The largest absolute Gasteiger partial charge is 0.493 e. The number of anilines is 1. The van der Waals surface area contributed by atoms with Crippen molar-refractivity contribution in [3.05, 3.63) is 52.0 Å². The third-order valence-electron chi connectivity index (χ3n) is 3.34. The van der Waals surface area contributed by atoms with E-state index in [0.29, 0.717) is 38.5 Å². The molecule has 25 heavy (non-hydrogen) atoms. The zero-order chi connectivity index (χ0) is 18.4. The smallest absolute Gasteiger partial charge is 0.248 e. The summed E-state index contributed by atoms with van der Waals surface area (Å²) in [5.74, 6) is 1.14. The Bertz CT molecular complexity index is 806. The molecular weight excluding hydrogens is 365 g/mol. The van der Waals surface area contributed by atoms with Crippen molar-refractivity contribution >= 4 is 40.9 Å². The van der Waals surface area contributed by atoms with E-state index >= 15 is 0 Å². The highest BCUT2D eigenvalue weighted by molar-refractivity contribution is 6.42. The molecule has 1 amide bonds. The van der Waals surface area contributed by atoms with Gasteiger partial charge in [0.05, 0.1) is 31.4 Å². The van der Waals surface area contributed by atoms with Crippen molar-refractivity contribution in [2.75, 3.05) is 26.6 Å². The number of carbonyl (C=O) groups excluding carboxylic acids is 1. The van der Waals surface area contributed by atoms with E-state index in [1.807, 2.05) is 0 Å². The molecule has 0 heterocycles. The molecule has 0 atom stereocenters.